The van der Waals surface area contributed by atoms with Gasteiger partial charge in [-0.1, -0.05) is 12.1 Å². The Morgan fingerprint density at radius 3 is 2.30 bits per heavy atom. The van der Waals surface area contributed by atoms with Crippen molar-refractivity contribution in [2.45, 2.75) is 24.0 Å². The Kier molecular flexibility index (Phi) is 5.69. The van der Waals surface area contributed by atoms with Crippen LogP contribution >= 0.6 is 0 Å². The third-order valence-corrected chi connectivity index (χ3v) is 7.32. The van der Waals surface area contributed by atoms with Crippen LogP contribution < -0.4 is 11.1 Å². The molecule has 0 aliphatic rings. The molecule has 33 heavy (non-hydrogen) atoms. The summed E-state index contributed by atoms with van der Waals surface area (Å²) in [6, 6.07) is 12.6. The molecule has 4 aromatic rings. The predicted molar refractivity (Wildman–Crippen MR) is 125 cm³/mol. The van der Waals surface area contributed by atoms with Gasteiger partial charge < -0.3 is 16.0 Å². The first-order chi connectivity index (χ1) is 15.7. The summed E-state index contributed by atoms with van der Waals surface area (Å²) >= 11 is 0. The maximum atomic E-state index is 12.8. The Morgan fingerprint density at radius 1 is 1.03 bits per heavy atom. The van der Waals surface area contributed by atoms with E-state index < -0.39 is 26.9 Å². The Hall–Kier alpha value is -4.05. The van der Waals surface area contributed by atoms with Gasteiger partial charge in [0, 0.05) is 23.0 Å². The summed E-state index contributed by atoms with van der Waals surface area (Å²) in [5.74, 6) is -0.958. The van der Waals surface area contributed by atoms with Crippen molar-refractivity contribution in [1.82, 2.24) is 15.0 Å². The van der Waals surface area contributed by atoms with Crippen LogP contribution in [-0.2, 0) is 9.84 Å². The van der Waals surface area contributed by atoms with Crippen LogP contribution in [0.1, 0.15) is 34.6 Å². The van der Waals surface area contributed by atoms with Gasteiger partial charge in [-0.3, -0.25) is 9.59 Å². The van der Waals surface area contributed by atoms with Crippen LogP contribution in [0.15, 0.2) is 65.8 Å². The lowest BCUT2D eigenvalue weighted by atomic mass is 10.1. The number of hydrogen-bond donors (Lipinski definition) is 3. The molecule has 0 aliphatic carbocycles. The highest BCUT2D eigenvalue weighted by molar-refractivity contribution is 7.92. The van der Waals surface area contributed by atoms with E-state index in [1.54, 1.807) is 44.3 Å². The molecule has 0 radical (unpaired) electrons. The number of aromatic amines is 1. The molecule has 0 bridgehead atoms. The monoisotopic (exact) mass is 463 g/mol. The summed E-state index contributed by atoms with van der Waals surface area (Å²) in [5.41, 5.74) is 8.32. The minimum Gasteiger partial charge on any atom is -0.366 e. The summed E-state index contributed by atoms with van der Waals surface area (Å²) in [6.07, 6.45) is 3.06. The fourth-order valence-electron chi connectivity index (χ4n) is 3.21. The van der Waals surface area contributed by atoms with Gasteiger partial charge in [0.2, 0.25) is 5.91 Å². The Balaban J connectivity index is 1.62. The van der Waals surface area contributed by atoms with Crippen molar-refractivity contribution in [1.29, 1.82) is 0 Å². The lowest BCUT2D eigenvalue weighted by Gasteiger charge is -2.08. The smallest absolute Gasteiger partial charge is 0.259 e. The molecule has 2 heterocycles. The zero-order valence-corrected chi connectivity index (χ0v) is 18.7. The number of hydrogen-bond acceptors (Lipinski definition) is 6. The standard InChI is InChI=1S/C23H21N5O4S/c1-13(2)33(31,32)17-9-5-14(6-10-17)19-12-26-22-20(28-19)18(11-25-22)23(30)27-16-7-3-15(4-8-16)21(24)29/h3-13H,1-2H3,(H2,24,29)(H,25,26)(H,27,30). The lowest BCUT2D eigenvalue weighted by molar-refractivity contribution is 0.0998. The first-order valence-electron chi connectivity index (χ1n) is 10.1. The van der Waals surface area contributed by atoms with Gasteiger partial charge in [-0.2, -0.15) is 0 Å². The van der Waals surface area contributed by atoms with Gasteiger partial charge in [0.15, 0.2) is 15.5 Å². The molecule has 4 N–H and O–H groups in total. The number of nitrogens with zero attached hydrogens (tertiary/aromatic N) is 2. The van der Waals surface area contributed by atoms with Crippen LogP contribution in [0.25, 0.3) is 22.4 Å². The first kappa shape index (κ1) is 22.2. The number of H-pyrrole nitrogens is 1. The highest BCUT2D eigenvalue weighted by Gasteiger charge is 2.20. The second-order valence-electron chi connectivity index (χ2n) is 7.67. The molecule has 0 fully saturated rings. The molecule has 0 spiro atoms. The third-order valence-electron chi connectivity index (χ3n) is 5.15. The second kappa shape index (κ2) is 8.47. The van der Waals surface area contributed by atoms with Crippen molar-refractivity contribution < 1.29 is 18.0 Å². The normalized spacial score (nSPS) is 11.6. The number of nitrogens with two attached hydrogens (primary N) is 1. The molecule has 0 saturated heterocycles. The molecule has 9 nitrogen and oxygen atoms in total. The van der Waals surface area contributed by atoms with Gasteiger partial charge >= 0.3 is 0 Å². The molecule has 2 amide bonds. The molecule has 0 atom stereocenters. The predicted octanol–water partition coefficient (Wildman–Crippen LogP) is 3.16. The summed E-state index contributed by atoms with van der Waals surface area (Å²) in [6.45, 7) is 3.26. The number of sulfone groups is 1. The Bertz CT molecular complexity index is 1460. The molecule has 0 unspecified atom stereocenters. The summed E-state index contributed by atoms with van der Waals surface area (Å²) in [7, 11) is -3.38. The number of nitrogens with one attached hydrogen (secondary N) is 2. The molecule has 168 valence electrons. The topological polar surface area (TPSA) is 148 Å². The van der Waals surface area contributed by atoms with Crippen LogP contribution in [0.5, 0.6) is 0 Å². The maximum Gasteiger partial charge on any atom is 0.259 e. The van der Waals surface area contributed by atoms with Crippen molar-refractivity contribution in [3.63, 3.8) is 0 Å². The van der Waals surface area contributed by atoms with Gasteiger partial charge in [-0.05, 0) is 50.2 Å². The number of rotatable bonds is 6. The van der Waals surface area contributed by atoms with Crippen LogP contribution in [0.2, 0.25) is 0 Å². The molecular formula is C23H21N5O4S. The summed E-state index contributed by atoms with van der Waals surface area (Å²) < 4.78 is 24.7. The third kappa shape index (κ3) is 4.33. The van der Waals surface area contributed by atoms with Crippen LogP contribution in [0.3, 0.4) is 0 Å². The molecule has 4 rings (SSSR count). The molecule has 2 aromatic carbocycles. The van der Waals surface area contributed by atoms with E-state index in [0.717, 1.165) is 0 Å². The minimum atomic E-state index is -3.38. The number of anilines is 1. The number of carbonyl (C=O) groups excluding carboxylic acids is 2. The highest BCUT2D eigenvalue weighted by atomic mass is 32.2. The lowest BCUT2D eigenvalue weighted by Crippen LogP contribution is -2.13. The van der Waals surface area contributed by atoms with Crippen LogP contribution in [-0.4, -0.2) is 40.4 Å². The Labute approximate surface area is 190 Å². The summed E-state index contributed by atoms with van der Waals surface area (Å²) in [5, 5.41) is 2.23. The van der Waals surface area contributed by atoms with Gasteiger partial charge in [0.05, 0.1) is 27.6 Å². The van der Waals surface area contributed by atoms with Gasteiger partial charge in [-0.25, -0.2) is 18.4 Å². The van der Waals surface area contributed by atoms with E-state index in [4.69, 9.17) is 5.73 Å². The van der Waals surface area contributed by atoms with Gasteiger partial charge in [-0.15, -0.1) is 0 Å². The molecule has 2 aromatic heterocycles. The van der Waals surface area contributed by atoms with Crippen LogP contribution in [0, 0.1) is 0 Å². The van der Waals surface area contributed by atoms with E-state index in [1.807, 2.05) is 0 Å². The molecule has 10 heteroatoms. The van der Waals surface area contributed by atoms with Crippen molar-refractivity contribution in [2.75, 3.05) is 5.32 Å². The maximum absolute atomic E-state index is 12.8. The van der Waals surface area contributed by atoms with E-state index in [9.17, 15) is 18.0 Å². The number of carbonyl (C=O) groups is 2. The quantitative estimate of drug-likeness (QED) is 0.400. The average molecular weight is 464 g/mol. The van der Waals surface area contributed by atoms with E-state index in [2.05, 4.69) is 20.3 Å². The zero-order chi connectivity index (χ0) is 23.8. The number of amides is 2. The molecular weight excluding hydrogens is 442 g/mol. The van der Waals surface area contributed by atoms with Crippen molar-refractivity contribution in [3.8, 4) is 11.3 Å². The molecule has 0 aliphatic heterocycles. The first-order valence-corrected chi connectivity index (χ1v) is 11.6. The van der Waals surface area contributed by atoms with E-state index in [0.29, 0.717) is 33.7 Å². The van der Waals surface area contributed by atoms with Crippen molar-refractivity contribution in [2.24, 2.45) is 5.73 Å². The Morgan fingerprint density at radius 2 is 1.70 bits per heavy atom. The fourth-order valence-corrected chi connectivity index (χ4v) is 4.27. The van der Waals surface area contributed by atoms with Crippen LogP contribution in [0.4, 0.5) is 5.69 Å². The van der Waals surface area contributed by atoms with E-state index >= 15 is 0 Å². The zero-order valence-electron chi connectivity index (χ0n) is 17.9. The van der Waals surface area contributed by atoms with Crippen molar-refractivity contribution >= 4 is 38.5 Å². The summed E-state index contributed by atoms with van der Waals surface area (Å²) in [4.78, 5) is 36.1. The van der Waals surface area contributed by atoms with E-state index in [-0.39, 0.29) is 10.5 Å². The van der Waals surface area contributed by atoms with E-state index in [1.165, 1.54) is 30.5 Å². The van der Waals surface area contributed by atoms with Crippen molar-refractivity contribution in [3.05, 3.63) is 72.1 Å². The minimum absolute atomic E-state index is 0.236. The number of fused-ring (bicyclic) bond motifs is 1. The average Bonchev–Trinajstić information content (AvgIpc) is 3.23. The number of aromatic nitrogens is 3. The fraction of sp³-hybridized carbons (Fsp3) is 0.130. The largest absolute Gasteiger partial charge is 0.366 e. The molecule has 0 saturated carbocycles. The number of benzene rings is 2. The highest BCUT2D eigenvalue weighted by Crippen LogP contribution is 2.24. The SMILES string of the molecule is CC(C)S(=O)(=O)c1ccc(-c2cnc3[nH]cc(C(=O)Nc4ccc(C(N)=O)cc4)c3n2)cc1. The number of primary amides is 1. The van der Waals surface area contributed by atoms with Gasteiger partial charge in [0.1, 0.15) is 5.52 Å². The van der Waals surface area contributed by atoms with Gasteiger partial charge in [0.25, 0.3) is 5.91 Å². The second-order valence-corrected chi connectivity index (χ2v) is 10.2.